The van der Waals surface area contributed by atoms with E-state index in [4.69, 9.17) is 4.74 Å². The lowest BCUT2D eigenvalue weighted by molar-refractivity contribution is 0.0601. The average molecular weight is 410 g/mol. The zero-order valence-corrected chi connectivity index (χ0v) is 14.2. The minimum atomic E-state index is -0.364. The molecule has 3 aromatic rings. The lowest BCUT2D eigenvalue weighted by atomic mass is 10.1. The topological polar surface area (TPSA) is 55.0 Å². The lowest BCUT2D eigenvalue weighted by Gasteiger charge is -2.01. The van der Waals surface area contributed by atoms with Gasteiger partial charge in [-0.15, -0.1) is 0 Å². The Labute approximate surface area is 137 Å². The molecule has 4 nitrogen and oxygen atoms in total. The summed E-state index contributed by atoms with van der Waals surface area (Å²) in [4.78, 5) is 19.4. The van der Waals surface area contributed by atoms with Crippen LogP contribution in [-0.4, -0.2) is 23.0 Å². The van der Waals surface area contributed by atoms with Crippen LogP contribution < -0.4 is 0 Å². The molecular formula is C15H10Br2N2O2. The Morgan fingerprint density at radius 1 is 1.24 bits per heavy atom. The number of methoxy groups -OCH3 is 1. The molecule has 1 heterocycles. The first kappa shape index (κ1) is 14.3. The summed E-state index contributed by atoms with van der Waals surface area (Å²) in [5, 5.41) is 0. The number of fused-ring (bicyclic) bond motifs is 1. The molecule has 1 aromatic heterocycles. The van der Waals surface area contributed by atoms with E-state index in [0.29, 0.717) is 11.4 Å². The summed E-state index contributed by atoms with van der Waals surface area (Å²) in [6, 6.07) is 11.1. The van der Waals surface area contributed by atoms with Gasteiger partial charge in [0.25, 0.3) is 0 Å². The van der Waals surface area contributed by atoms with Crippen LogP contribution in [0.4, 0.5) is 0 Å². The van der Waals surface area contributed by atoms with Gasteiger partial charge in [-0.1, -0.05) is 28.1 Å². The lowest BCUT2D eigenvalue weighted by Crippen LogP contribution is -2.00. The standard InChI is InChI=1S/C15H10Br2N2O2/c1-21-15(20)9-4-2-3-8(5-9)14-18-12-7-10(16)6-11(17)13(12)19-14/h2-7H,1H3,(H,18,19). The van der Waals surface area contributed by atoms with Crippen LogP contribution in [0.5, 0.6) is 0 Å². The number of nitrogens with one attached hydrogen (secondary N) is 1. The Morgan fingerprint density at radius 3 is 2.81 bits per heavy atom. The number of aromatic nitrogens is 2. The zero-order valence-electron chi connectivity index (χ0n) is 11.0. The van der Waals surface area contributed by atoms with Crippen LogP contribution >= 0.6 is 31.9 Å². The first-order valence-electron chi connectivity index (χ1n) is 6.12. The van der Waals surface area contributed by atoms with Gasteiger partial charge < -0.3 is 9.72 Å². The van der Waals surface area contributed by atoms with Gasteiger partial charge in [-0.05, 0) is 40.2 Å². The number of esters is 1. The zero-order chi connectivity index (χ0) is 15.0. The van der Waals surface area contributed by atoms with E-state index in [-0.39, 0.29) is 5.97 Å². The molecule has 0 atom stereocenters. The molecule has 0 radical (unpaired) electrons. The molecule has 0 aliphatic carbocycles. The van der Waals surface area contributed by atoms with E-state index < -0.39 is 0 Å². The van der Waals surface area contributed by atoms with Crippen LogP contribution in [0.1, 0.15) is 10.4 Å². The first-order chi connectivity index (χ1) is 10.1. The van der Waals surface area contributed by atoms with Crippen molar-refractivity contribution in [2.75, 3.05) is 7.11 Å². The number of hydrogen-bond donors (Lipinski definition) is 1. The molecule has 0 aliphatic rings. The number of hydrogen-bond acceptors (Lipinski definition) is 3. The molecule has 0 saturated heterocycles. The van der Waals surface area contributed by atoms with E-state index in [9.17, 15) is 4.79 Å². The van der Waals surface area contributed by atoms with Gasteiger partial charge in [0, 0.05) is 14.5 Å². The minimum Gasteiger partial charge on any atom is -0.465 e. The van der Waals surface area contributed by atoms with Gasteiger partial charge >= 0.3 is 5.97 Å². The number of carbonyl (C=O) groups is 1. The fraction of sp³-hybridized carbons (Fsp3) is 0.0667. The Hall–Kier alpha value is -1.66. The SMILES string of the molecule is COC(=O)c1cccc(-c2nc3c(Br)cc(Br)cc3[nH]2)c1. The van der Waals surface area contributed by atoms with Gasteiger partial charge in [-0.3, -0.25) is 0 Å². The van der Waals surface area contributed by atoms with Crippen molar-refractivity contribution in [1.82, 2.24) is 9.97 Å². The number of nitrogens with zero attached hydrogens (tertiary/aromatic N) is 1. The summed E-state index contributed by atoms with van der Waals surface area (Å²) >= 11 is 6.95. The molecule has 2 aromatic carbocycles. The van der Waals surface area contributed by atoms with Crippen LogP contribution in [0.25, 0.3) is 22.4 Å². The van der Waals surface area contributed by atoms with E-state index in [1.807, 2.05) is 18.2 Å². The number of aromatic amines is 1. The number of benzene rings is 2. The number of carbonyl (C=O) groups excluding carboxylic acids is 1. The molecule has 0 fully saturated rings. The van der Waals surface area contributed by atoms with Crippen LogP contribution in [-0.2, 0) is 4.74 Å². The summed E-state index contributed by atoms with van der Waals surface area (Å²) in [5.41, 5.74) is 3.08. The maximum Gasteiger partial charge on any atom is 0.337 e. The Kier molecular flexibility index (Phi) is 3.82. The fourth-order valence-corrected chi connectivity index (χ4v) is 3.40. The van der Waals surface area contributed by atoms with Crippen molar-refractivity contribution in [3.63, 3.8) is 0 Å². The summed E-state index contributed by atoms with van der Waals surface area (Å²) in [5.74, 6) is 0.339. The monoisotopic (exact) mass is 408 g/mol. The van der Waals surface area contributed by atoms with Gasteiger partial charge in [0.15, 0.2) is 0 Å². The van der Waals surface area contributed by atoms with Crippen molar-refractivity contribution < 1.29 is 9.53 Å². The van der Waals surface area contributed by atoms with Crippen molar-refractivity contribution in [2.45, 2.75) is 0 Å². The van der Waals surface area contributed by atoms with E-state index >= 15 is 0 Å². The number of H-pyrrole nitrogens is 1. The van der Waals surface area contributed by atoms with Crippen LogP contribution in [0, 0.1) is 0 Å². The molecule has 0 spiro atoms. The van der Waals surface area contributed by atoms with Gasteiger partial charge in [0.2, 0.25) is 0 Å². The van der Waals surface area contributed by atoms with Crippen molar-refractivity contribution >= 4 is 48.9 Å². The third-order valence-corrected chi connectivity index (χ3v) is 4.12. The largest absolute Gasteiger partial charge is 0.465 e. The maximum atomic E-state index is 11.6. The maximum absolute atomic E-state index is 11.6. The predicted molar refractivity (Wildman–Crippen MR) is 88.3 cm³/mol. The molecule has 1 N–H and O–H groups in total. The number of rotatable bonds is 2. The first-order valence-corrected chi connectivity index (χ1v) is 7.70. The molecular weight excluding hydrogens is 400 g/mol. The molecule has 0 bridgehead atoms. The molecule has 0 amide bonds. The van der Waals surface area contributed by atoms with E-state index in [1.165, 1.54) is 7.11 Å². The second-order valence-corrected chi connectivity index (χ2v) is 6.21. The molecule has 0 saturated carbocycles. The summed E-state index contributed by atoms with van der Waals surface area (Å²) in [6.45, 7) is 0. The highest BCUT2D eigenvalue weighted by Crippen LogP contribution is 2.29. The highest BCUT2D eigenvalue weighted by atomic mass is 79.9. The van der Waals surface area contributed by atoms with Crippen LogP contribution in [0.15, 0.2) is 45.3 Å². The number of ether oxygens (including phenoxy) is 1. The highest BCUT2D eigenvalue weighted by molar-refractivity contribution is 9.11. The molecule has 3 rings (SSSR count). The van der Waals surface area contributed by atoms with Crippen molar-refractivity contribution in [1.29, 1.82) is 0 Å². The number of imidazole rings is 1. The molecule has 106 valence electrons. The Morgan fingerprint density at radius 2 is 2.05 bits per heavy atom. The number of halogens is 2. The molecule has 0 unspecified atom stereocenters. The summed E-state index contributed by atoms with van der Waals surface area (Å²) < 4.78 is 6.60. The molecule has 6 heteroatoms. The van der Waals surface area contributed by atoms with Crippen LogP contribution in [0.3, 0.4) is 0 Å². The second kappa shape index (κ2) is 5.61. The van der Waals surface area contributed by atoms with Gasteiger partial charge in [-0.2, -0.15) is 0 Å². The minimum absolute atomic E-state index is 0.364. The Bertz CT molecular complexity index is 843. The highest BCUT2D eigenvalue weighted by Gasteiger charge is 2.11. The quantitative estimate of drug-likeness (QED) is 0.632. The summed E-state index contributed by atoms with van der Waals surface area (Å²) in [7, 11) is 1.37. The second-order valence-electron chi connectivity index (χ2n) is 4.44. The normalized spacial score (nSPS) is 10.8. The fourth-order valence-electron chi connectivity index (χ4n) is 2.09. The van der Waals surface area contributed by atoms with Gasteiger partial charge in [0.1, 0.15) is 11.3 Å². The smallest absolute Gasteiger partial charge is 0.337 e. The van der Waals surface area contributed by atoms with Crippen LogP contribution in [0.2, 0.25) is 0 Å². The van der Waals surface area contributed by atoms with Crippen molar-refractivity contribution in [2.24, 2.45) is 0 Å². The predicted octanol–water partition coefficient (Wildman–Crippen LogP) is 4.54. The van der Waals surface area contributed by atoms with Gasteiger partial charge in [0.05, 0.1) is 18.2 Å². The summed E-state index contributed by atoms with van der Waals surface area (Å²) in [6.07, 6.45) is 0. The average Bonchev–Trinajstić information content (AvgIpc) is 2.91. The third kappa shape index (κ3) is 2.73. The van der Waals surface area contributed by atoms with E-state index in [1.54, 1.807) is 18.2 Å². The third-order valence-electron chi connectivity index (χ3n) is 3.06. The van der Waals surface area contributed by atoms with E-state index in [0.717, 1.165) is 25.5 Å². The van der Waals surface area contributed by atoms with Crippen molar-refractivity contribution in [3.8, 4) is 11.4 Å². The Balaban J connectivity index is 2.12. The molecule has 0 aliphatic heterocycles. The molecule has 21 heavy (non-hydrogen) atoms. The van der Waals surface area contributed by atoms with Crippen molar-refractivity contribution in [3.05, 3.63) is 50.9 Å². The van der Waals surface area contributed by atoms with Gasteiger partial charge in [-0.25, -0.2) is 9.78 Å². The van der Waals surface area contributed by atoms with E-state index in [2.05, 4.69) is 41.8 Å².